The monoisotopic (exact) mass is 262 g/mol. The molecule has 0 spiro atoms. The van der Waals surface area contributed by atoms with Crippen molar-refractivity contribution in [3.05, 3.63) is 11.9 Å². The number of nitrogens with one attached hydrogen (secondary N) is 1. The van der Waals surface area contributed by atoms with Crippen LogP contribution in [-0.4, -0.2) is 29.6 Å². The van der Waals surface area contributed by atoms with Gasteiger partial charge in [-0.2, -0.15) is 0 Å². The van der Waals surface area contributed by atoms with Crippen molar-refractivity contribution in [3.63, 3.8) is 0 Å². The summed E-state index contributed by atoms with van der Waals surface area (Å²) in [6, 6.07) is 0. The van der Waals surface area contributed by atoms with Crippen molar-refractivity contribution >= 4 is 11.6 Å². The first kappa shape index (κ1) is 14.1. The van der Waals surface area contributed by atoms with Crippen LogP contribution in [0.15, 0.2) is 6.33 Å². The molecule has 1 aliphatic heterocycles. The minimum Gasteiger partial charge on any atom is -0.370 e. The van der Waals surface area contributed by atoms with Crippen molar-refractivity contribution in [1.82, 2.24) is 9.97 Å². The molecule has 2 rings (SSSR count). The highest BCUT2D eigenvalue weighted by Crippen LogP contribution is 2.32. The second kappa shape index (κ2) is 5.76. The first-order valence-electron chi connectivity index (χ1n) is 7.34. The lowest BCUT2D eigenvalue weighted by molar-refractivity contribution is 0.325. The third-order valence-corrected chi connectivity index (χ3v) is 4.04. The fourth-order valence-electron chi connectivity index (χ4n) is 2.74. The van der Waals surface area contributed by atoms with Crippen molar-refractivity contribution in [2.45, 2.75) is 47.0 Å². The number of hydrogen-bond donors (Lipinski definition) is 1. The Morgan fingerprint density at radius 2 is 2.05 bits per heavy atom. The van der Waals surface area contributed by atoms with E-state index in [4.69, 9.17) is 0 Å². The molecule has 0 unspecified atom stereocenters. The first-order valence-corrected chi connectivity index (χ1v) is 7.34. The fraction of sp³-hybridized carbons (Fsp3) is 0.733. The summed E-state index contributed by atoms with van der Waals surface area (Å²) in [5.41, 5.74) is 1.63. The van der Waals surface area contributed by atoms with Crippen LogP contribution in [0.2, 0.25) is 0 Å². The summed E-state index contributed by atoms with van der Waals surface area (Å²) in [7, 11) is 0. The average molecular weight is 262 g/mol. The Kier molecular flexibility index (Phi) is 4.27. The summed E-state index contributed by atoms with van der Waals surface area (Å²) < 4.78 is 0. The molecular formula is C15H26N4. The van der Waals surface area contributed by atoms with Gasteiger partial charge < -0.3 is 10.2 Å². The molecule has 4 heteroatoms. The Morgan fingerprint density at radius 1 is 1.26 bits per heavy atom. The van der Waals surface area contributed by atoms with E-state index in [1.807, 2.05) is 0 Å². The number of hydrogen-bond acceptors (Lipinski definition) is 4. The van der Waals surface area contributed by atoms with Crippen molar-refractivity contribution in [1.29, 1.82) is 0 Å². The maximum absolute atomic E-state index is 4.51. The van der Waals surface area contributed by atoms with E-state index in [0.717, 1.165) is 31.3 Å². The van der Waals surface area contributed by atoms with E-state index < -0.39 is 0 Å². The van der Waals surface area contributed by atoms with Crippen LogP contribution in [0, 0.1) is 12.3 Å². The van der Waals surface area contributed by atoms with Crippen molar-refractivity contribution in [2.75, 3.05) is 29.9 Å². The van der Waals surface area contributed by atoms with Gasteiger partial charge in [-0.15, -0.1) is 0 Å². The molecule has 0 saturated carbocycles. The molecular weight excluding hydrogens is 236 g/mol. The van der Waals surface area contributed by atoms with E-state index in [1.54, 1.807) is 6.33 Å². The molecule has 1 aromatic rings. The molecule has 2 heterocycles. The van der Waals surface area contributed by atoms with Gasteiger partial charge in [0.05, 0.1) is 0 Å². The molecule has 1 saturated heterocycles. The highest BCUT2D eigenvalue weighted by Gasteiger charge is 2.24. The molecule has 4 nitrogen and oxygen atoms in total. The largest absolute Gasteiger partial charge is 0.370 e. The van der Waals surface area contributed by atoms with Gasteiger partial charge in [0.25, 0.3) is 0 Å². The Balaban J connectivity index is 2.19. The van der Waals surface area contributed by atoms with Crippen LogP contribution in [0.4, 0.5) is 11.6 Å². The number of anilines is 2. The van der Waals surface area contributed by atoms with E-state index in [9.17, 15) is 0 Å². The van der Waals surface area contributed by atoms with Gasteiger partial charge >= 0.3 is 0 Å². The maximum Gasteiger partial charge on any atom is 0.137 e. The van der Waals surface area contributed by atoms with Crippen LogP contribution in [0.5, 0.6) is 0 Å². The molecule has 0 aliphatic carbocycles. The van der Waals surface area contributed by atoms with Crippen molar-refractivity contribution in [2.24, 2.45) is 5.41 Å². The maximum atomic E-state index is 4.51. The van der Waals surface area contributed by atoms with Gasteiger partial charge in [0, 0.05) is 25.2 Å². The third-order valence-electron chi connectivity index (χ3n) is 4.04. The van der Waals surface area contributed by atoms with Crippen molar-refractivity contribution < 1.29 is 0 Å². The van der Waals surface area contributed by atoms with Gasteiger partial charge in [-0.3, -0.25) is 0 Å². The Labute approximate surface area is 116 Å². The molecule has 1 aromatic heterocycles. The summed E-state index contributed by atoms with van der Waals surface area (Å²) >= 11 is 0. The van der Waals surface area contributed by atoms with Crippen LogP contribution < -0.4 is 10.2 Å². The first-order chi connectivity index (χ1) is 9.03. The molecule has 0 radical (unpaired) electrons. The summed E-state index contributed by atoms with van der Waals surface area (Å²) in [6.45, 7) is 12.0. The van der Waals surface area contributed by atoms with E-state index in [1.165, 1.54) is 24.8 Å². The van der Waals surface area contributed by atoms with Crippen molar-refractivity contribution in [3.8, 4) is 0 Å². The SMILES string of the molecule is CCNc1ncnc(N2CCCC(C)(C)CC2)c1C. The summed E-state index contributed by atoms with van der Waals surface area (Å²) in [5.74, 6) is 2.07. The molecule has 0 bridgehead atoms. The second-order valence-corrected chi connectivity index (χ2v) is 6.21. The van der Waals surface area contributed by atoms with Crippen LogP contribution in [0.1, 0.15) is 45.6 Å². The van der Waals surface area contributed by atoms with E-state index in [2.05, 4.69) is 47.9 Å². The Bertz CT molecular complexity index is 428. The van der Waals surface area contributed by atoms with Gasteiger partial charge in [-0.05, 0) is 38.5 Å². The molecule has 1 fully saturated rings. The third kappa shape index (κ3) is 3.37. The second-order valence-electron chi connectivity index (χ2n) is 6.21. The summed E-state index contributed by atoms with van der Waals surface area (Å²) in [5, 5.41) is 3.31. The van der Waals surface area contributed by atoms with E-state index in [-0.39, 0.29) is 0 Å². The zero-order valence-electron chi connectivity index (χ0n) is 12.7. The highest BCUT2D eigenvalue weighted by molar-refractivity contribution is 5.57. The number of aromatic nitrogens is 2. The van der Waals surface area contributed by atoms with Crippen LogP contribution in [0.3, 0.4) is 0 Å². The minimum atomic E-state index is 0.459. The topological polar surface area (TPSA) is 41.1 Å². The highest BCUT2D eigenvalue weighted by atomic mass is 15.2. The van der Waals surface area contributed by atoms with E-state index >= 15 is 0 Å². The van der Waals surface area contributed by atoms with Gasteiger partial charge in [-0.25, -0.2) is 9.97 Å². The summed E-state index contributed by atoms with van der Waals surface area (Å²) in [4.78, 5) is 11.3. The van der Waals surface area contributed by atoms with Crippen LogP contribution in [-0.2, 0) is 0 Å². The zero-order valence-corrected chi connectivity index (χ0v) is 12.7. The molecule has 0 amide bonds. The normalized spacial score (nSPS) is 19.1. The quantitative estimate of drug-likeness (QED) is 0.908. The molecule has 1 aliphatic rings. The van der Waals surface area contributed by atoms with Gasteiger partial charge in [0.15, 0.2) is 0 Å². The molecule has 106 valence electrons. The predicted octanol–water partition coefficient (Wildman–Crippen LogP) is 3.23. The lowest BCUT2D eigenvalue weighted by atomic mass is 9.85. The van der Waals surface area contributed by atoms with Gasteiger partial charge in [0.2, 0.25) is 0 Å². The summed E-state index contributed by atoms with van der Waals surface area (Å²) in [6.07, 6.45) is 5.45. The smallest absolute Gasteiger partial charge is 0.137 e. The molecule has 1 N–H and O–H groups in total. The Hall–Kier alpha value is -1.32. The fourth-order valence-corrected chi connectivity index (χ4v) is 2.74. The van der Waals surface area contributed by atoms with Crippen LogP contribution >= 0.6 is 0 Å². The Morgan fingerprint density at radius 3 is 2.79 bits per heavy atom. The predicted molar refractivity (Wildman–Crippen MR) is 80.8 cm³/mol. The minimum absolute atomic E-state index is 0.459. The molecule has 19 heavy (non-hydrogen) atoms. The molecule has 0 atom stereocenters. The lowest BCUT2D eigenvalue weighted by Gasteiger charge is -2.25. The van der Waals surface area contributed by atoms with E-state index in [0.29, 0.717) is 5.41 Å². The number of nitrogens with zero attached hydrogens (tertiary/aromatic N) is 3. The average Bonchev–Trinajstić information content (AvgIpc) is 2.53. The van der Waals surface area contributed by atoms with Gasteiger partial charge in [0.1, 0.15) is 18.0 Å². The zero-order chi connectivity index (χ0) is 13.9. The lowest BCUT2D eigenvalue weighted by Crippen LogP contribution is -2.27. The molecule has 0 aromatic carbocycles. The standard InChI is InChI=1S/C15H26N4/c1-5-16-13-12(2)14(18-11-17-13)19-9-6-7-15(3,4)8-10-19/h11H,5-10H2,1-4H3,(H,16,17,18). The number of rotatable bonds is 3. The van der Waals surface area contributed by atoms with Crippen LogP contribution in [0.25, 0.3) is 0 Å². The van der Waals surface area contributed by atoms with Gasteiger partial charge in [-0.1, -0.05) is 13.8 Å².